The zero-order valence-electron chi connectivity index (χ0n) is 17.8. The van der Waals surface area contributed by atoms with Gasteiger partial charge in [-0.25, -0.2) is 4.98 Å². The van der Waals surface area contributed by atoms with Crippen molar-refractivity contribution in [1.29, 1.82) is 0 Å². The minimum Gasteiger partial charge on any atom is -0.497 e. The number of carbonyl (C=O) groups excluding carboxylic acids is 2. The summed E-state index contributed by atoms with van der Waals surface area (Å²) < 4.78 is 17.8. The van der Waals surface area contributed by atoms with Gasteiger partial charge in [0.05, 0.1) is 43.9 Å². The Hall–Kier alpha value is -3.39. The first kappa shape index (κ1) is 20.9. The second-order valence-electron chi connectivity index (χ2n) is 7.20. The topological polar surface area (TPSA) is 82.9 Å². The highest BCUT2D eigenvalue weighted by molar-refractivity contribution is 6.08. The first-order valence-electron chi connectivity index (χ1n) is 10.2. The Morgan fingerprint density at radius 2 is 1.84 bits per heavy atom. The molecule has 0 bridgehead atoms. The van der Waals surface area contributed by atoms with Crippen LogP contribution in [0, 0.1) is 5.92 Å². The molecule has 3 aromatic rings. The summed E-state index contributed by atoms with van der Waals surface area (Å²) in [7, 11) is 3.16. The van der Waals surface area contributed by atoms with E-state index in [1.165, 1.54) is 4.90 Å². The molecule has 2 atom stereocenters. The average Bonchev–Trinajstić information content (AvgIpc) is 3.17. The van der Waals surface area contributed by atoms with E-state index in [0.717, 1.165) is 16.6 Å². The summed E-state index contributed by atoms with van der Waals surface area (Å²) in [6.07, 6.45) is 0. The molecule has 0 saturated heterocycles. The first-order chi connectivity index (χ1) is 15.1. The van der Waals surface area contributed by atoms with Crippen LogP contribution in [0.1, 0.15) is 18.5 Å². The number of hydrogen-bond donors (Lipinski definition) is 0. The molecule has 0 N–H and O–H groups in total. The van der Waals surface area contributed by atoms with Crippen LogP contribution in [0.25, 0.3) is 11.0 Å². The average molecular weight is 423 g/mol. The van der Waals surface area contributed by atoms with Crippen molar-refractivity contribution < 1.29 is 23.8 Å². The van der Waals surface area contributed by atoms with E-state index in [4.69, 9.17) is 19.2 Å². The van der Waals surface area contributed by atoms with Gasteiger partial charge in [-0.15, -0.1) is 0 Å². The van der Waals surface area contributed by atoms with Gasteiger partial charge in [0.2, 0.25) is 11.9 Å². The Morgan fingerprint density at radius 3 is 2.52 bits per heavy atom. The lowest BCUT2D eigenvalue weighted by molar-refractivity contribution is -0.153. The number of methoxy groups -OCH3 is 2. The normalized spacial score (nSPS) is 18.2. The summed E-state index contributed by atoms with van der Waals surface area (Å²) >= 11 is 0. The molecule has 1 aliphatic heterocycles. The van der Waals surface area contributed by atoms with Crippen LogP contribution < -0.4 is 9.64 Å². The van der Waals surface area contributed by atoms with Crippen LogP contribution in [0.15, 0.2) is 48.5 Å². The number of fused-ring (bicyclic) bond motifs is 3. The molecule has 0 spiro atoms. The second-order valence-corrected chi connectivity index (χ2v) is 7.20. The van der Waals surface area contributed by atoms with Gasteiger partial charge in [0.1, 0.15) is 5.75 Å². The zero-order chi connectivity index (χ0) is 22.0. The molecule has 0 unspecified atom stereocenters. The summed E-state index contributed by atoms with van der Waals surface area (Å²) in [4.78, 5) is 32.9. The van der Waals surface area contributed by atoms with E-state index < -0.39 is 17.9 Å². The predicted molar refractivity (Wildman–Crippen MR) is 115 cm³/mol. The monoisotopic (exact) mass is 423 g/mol. The number of carbonyl (C=O) groups is 2. The highest BCUT2D eigenvalue weighted by Gasteiger charge is 2.47. The van der Waals surface area contributed by atoms with Crippen LogP contribution in [0.3, 0.4) is 0 Å². The minimum absolute atomic E-state index is 0.188. The number of esters is 1. The van der Waals surface area contributed by atoms with Gasteiger partial charge in [-0.3, -0.25) is 14.5 Å². The van der Waals surface area contributed by atoms with Crippen molar-refractivity contribution >= 4 is 28.9 Å². The van der Waals surface area contributed by atoms with Crippen molar-refractivity contribution in [1.82, 2.24) is 9.55 Å². The molecule has 0 radical (unpaired) electrons. The number of hydrogen-bond acceptors (Lipinski definition) is 6. The predicted octanol–water partition coefficient (Wildman–Crippen LogP) is 2.81. The van der Waals surface area contributed by atoms with E-state index >= 15 is 0 Å². The highest BCUT2D eigenvalue weighted by atomic mass is 16.5. The third kappa shape index (κ3) is 3.63. The quantitative estimate of drug-likeness (QED) is 0.429. The maximum atomic E-state index is 13.6. The van der Waals surface area contributed by atoms with Crippen LogP contribution in [-0.2, 0) is 19.1 Å². The molecule has 1 amide bonds. The fraction of sp³-hybridized carbons (Fsp3) is 0.348. The molecule has 2 aromatic carbocycles. The van der Waals surface area contributed by atoms with Gasteiger partial charge in [-0.05, 0) is 36.8 Å². The number of nitrogens with zero attached hydrogens (tertiary/aromatic N) is 3. The van der Waals surface area contributed by atoms with Crippen LogP contribution in [0.2, 0.25) is 0 Å². The van der Waals surface area contributed by atoms with E-state index in [0.29, 0.717) is 18.3 Å². The van der Waals surface area contributed by atoms with Crippen molar-refractivity contribution in [2.75, 3.05) is 38.9 Å². The Bertz CT molecular complexity index is 1090. The van der Waals surface area contributed by atoms with Crippen molar-refractivity contribution in [3.05, 3.63) is 54.1 Å². The van der Waals surface area contributed by atoms with Gasteiger partial charge in [0.15, 0.2) is 5.92 Å². The molecule has 31 heavy (non-hydrogen) atoms. The van der Waals surface area contributed by atoms with E-state index in [2.05, 4.69) is 0 Å². The lowest BCUT2D eigenvalue weighted by atomic mass is 9.89. The third-order valence-corrected chi connectivity index (χ3v) is 5.46. The molecule has 162 valence electrons. The van der Waals surface area contributed by atoms with Gasteiger partial charge >= 0.3 is 5.97 Å². The van der Waals surface area contributed by atoms with Gasteiger partial charge < -0.3 is 18.8 Å². The molecule has 8 nitrogen and oxygen atoms in total. The fourth-order valence-corrected chi connectivity index (χ4v) is 4.04. The lowest BCUT2D eigenvalue weighted by Gasteiger charge is -2.37. The van der Waals surface area contributed by atoms with Gasteiger partial charge in [0, 0.05) is 7.11 Å². The number of benzene rings is 2. The highest BCUT2D eigenvalue weighted by Crippen LogP contribution is 2.41. The molecule has 4 rings (SSSR count). The number of imidazole rings is 1. The number of aromatic nitrogens is 2. The molecular formula is C23H25N3O5. The SMILES string of the molecule is CCOC(=O)[C@H]1C(=O)N(CCOC)c2nc3ccccc3n2[C@H]1c1ccc(OC)cc1. The summed E-state index contributed by atoms with van der Waals surface area (Å²) in [5, 5.41) is 0. The smallest absolute Gasteiger partial charge is 0.321 e. The molecule has 0 fully saturated rings. The van der Waals surface area contributed by atoms with Crippen molar-refractivity contribution in [2.45, 2.75) is 13.0 Å². The second kappa shape index (κ2) is 8.77. The van der Waals surface area contributed by atoms with E-state index in [9.17, 15) is 9.59 Å². The molecule has 2 heterocycles. The molecule has 0 saturated carbocycles. The molecule has 0 aliphatic carbocycles. The lowest BCUT2D eigenvalue weighted by Crippen LogP contribution is -2.51. The zero-order valence-corrected chi connectivity index (χ0v) is 17.8. The van der Waals surface area contributed by atoms with Crippen molar-refractivity contribution in [2.24, 2.45) is 5.92 Å². The van der Waals surface area contributed by atoms with Crippen molar-refractivity contribution in [3.63, 3.8) is 0 Å². The fourth-order valence-electron chi connectivity index (χ4n) is 4.04. The summed E-state index contributed by atoms with van der Waals surface area (Å²) in [6.45, 7) is 2.52. The van der Waals surface area contributed by atoms with Gasteiger partial charge in [-0.1, -0.05) is 24.3 Å². The minimum atomic E-state index is -1.05. The number of amides is 1. The molecule has 8 heteroatoms. The number of anilines is 1. The van der Waals surface area contributed by atoms with Gasteiger partial charge in [-0.2, -0.15) is 0 Å². The first-order valence-corrected chi connectivity index (χ1v) is 10.2. The Morgan fingerprint density at radius 1 is 1.10 bits per heavy atom. The molecular weight excluding hydrogens is 398 g/mol. The summed E-state index contributed by atoms with van der Waals surface area (Å²) in [6, 6.07) is 14.4. The molecule has 1 aromatic heterocycles. The van der Waals surface area contributed by atoms with Crippen LogP contribution in [0.4, 0.5) is 5.95 Å². The Balaban J connectivity index is 1.95. The van der Waals surface area contributed by atoms with Crippen LogP contribution in [0.5, 0.6) is 5.75 Å². The Labute approximate surface area is 180 Å². The number of para-hydroxylation sites is 2. The van der Waals surface area contributed by atoms with Crippen LogP contribution >= 0.6 is 0 Å². The van der Waals surface area contributed by atoms with E-state index in [1.54, 1.807) is 21.1 Å². The standard InChI is InChI=1S/C23H25N3O5/c1-4-31-22(28)19-20(15-9-11-16(30-3)12-10-15)26-18-8-6-5-7-17(18)24-23(26)25(21(19)27)13-14-29-2/h5-12,19-20H,4,13-14H2,1-3H3/t19-,20+/m1/s1. The molecule has 1 aliphatic rings. The van der Waals surface area contributed by atoms with Gasteiger partial charge in [0.25, 0.3) is 0 Å². The third-order valence-electron chi connectivity index (χ3n) is 5.46. The maximum Gasteiger partial charge on any atom is 0.321 e. The Kier molecular flexibility index (Phi) is 5.90. The van der Waals surface area contributed by atoms with E-state index in [1.807, 2.05) is 53.1 Å². The summed E-state index contributed by atoms with van der Waals surface area (Å²) in [5.41, 5.74) is 2.38. The maximum absolute atomic E-state index is 13.6. The van der Waals surface area contributed by atoms with E-state index in [-0.39, 0.29) is 19.1 Å². The summed E-state index contributed by atoms with van der Waals surface area (Å²) in [5.74, 6) is -0.769. The number of rotatable bonds is 7. The largest absolute Gasteiger partial charge is 0.497 e. The van der Waals surface area contributed by atoms with Crippen molar-refractivity contribution in [3.8, 4) is 5.75 Å². The van der Waals surface area contributed by atoms with Crippen LogP contribution in [-0.4, -0.2) is 55.4 Å². The number of ether oxygens (including phenoxy) is 3.